The SMILES string of the molecule is CCC(N1CCc2cc(OC)c(OC)cc2C1)N(C)C(C)c1c(C)ccc2ccccc12. The van der Waals surface area contributed by atoms with Crippen molar-refractivity contribution < 1.29 is 9.47 Å². The highest BCUT2D eigenvalue weighted by molar-refractivity contribution is 5.87. The van der Waals surface area contributed by atoms with Gasteiger partial charge in [-0.3, -0.25) is 9.80 Å². The van der Waals surface area contributed by atoms with Gasteiger partial charge in [0.25, 0.3) is 0 Å². The molecule has 1 aliphatic heterocycles. The Hall–Kier alpha value is -2.56. The third kappa shape index (κ3) is 4.10. The van der Waals surface area contributed by atoms with E-state index in [2.05, 4.69) is 86.1 Å². The van der Waals surface area contributed by atoms with Gasteiger partial charge >= 0.3 is 0 Å². The molecule has 0 aromatic heterocycles. The zero-order valence-corrected chi connectivity index (χ0v) is 20.3. The van der Waals surface area contributed by atoms with E-state index in [-0.39, 0.29) is 0 Å². The second-order valence-corrected chi connectivity index (χ2v) is 8.94. The molecule has 1 aliphatic rings. The van der Waals surface area contributed by atoms with Gasteiger partial charge in [-0.05, 0) is 78.9 Å². The zero-order chi connectivity index (χ0) is 22.8. The van der Waals surface area contributed by atoms with Crippen LogP contribution in [0.4, 0.5) is 0 Å². The topological polar surface area (TPSA) is 24.9 Å². The van der Waals surface area contributed by atoms with Crippen LogP contribution in [0, 0.1) is 6.92 Å². The van der Waals surface area contributed by atoms with E-state index in [9.17, 15) is 0 Å². The second kappa shape index (κ2) is 9.51. The molecule has 0 N–H and O–H groups in total. The minimum atomic E-state index is 0.317. The lowest BCUT2D eigenvalue weighted by Crippen LogP contribution is -2.49. The molecule has 1 heterocycles. The molecule has 0 radical (unpaired) electrons. The highest BCUT2D eigenvalue weighted by Crippen LogP contribution is 2.36. The maximum absolute atomic E-state index is 5.57. The average molecular weight is 433 g/mol. The van der Waals surface area contributed by atoms with Crippen LogP contribution in [0.1, 0.15) is 48.6 Å². The Morgan fingerprint density at radius 2 is 1.69 bits per heavy atom. The number of hydrogen-bond donors (Lipinski definition) is 0. The Labute approximate surface area is 192 Å². The molecule has 0 saturated carbocycles. The average Bonchev–Trinajstić information content (AvgIpc) is 2.82. The monoisotopic (exact) mass is 432 g/mol. The molecule has 0 fully saturated rings. The number of hydrogen-bond acceptors (Lipinski definition) is 4. The predicted octanol–water partition coefficient (Wildman–Crippen LogP) is 5.95. The summed E-state index contributed by atoms with van der Waals surface area (Å²) in [4.78, 5) is 5.17. The van der Waals surface area contributed by atoms with Crippen LogP contribution >= 0.6 is 0 Å². The summed E-state index contributed by atoms with van der Waals surface area (Å²) < 4.78 is 11.1. The highest BCUT2D eigenvalue weighted by atomic mass is 16.5. The fraction of sp³-hybridized carbons (Fsp3) is 0.429. The lowest BCUT2D eigenvalue weighted by molar-refractivity contribution is 0.0234. The van der Waals surface area contributed by atoms with E-state index < -0.39 is 0 Å². The summed E-state index contributed by atoms with van der Waals surface area (Å²) in [5.41, 5.74) is 5.51. The van der Waals surface area contributed by atoms with Crippen LogP contribution in [0.15, 0.2) is 48.5 Å². The minimum absolute atomic E-state index is 0.317. The van der Waals surface area contributed by atoms with Gasteiger partial charge in [-0.15, -0.1) is 0 Å². The normalized spacial score (nSPS) is 16.1. The fourth-order valence-corrected chi connectivity index (χ4v) is 5.38. The van der Waals surface area contributed by atoms with Crippen molar-refractivity contribution in [2.75, 3.05) is 27.8 Å². The molecule has 2 unspecified atom stereocenters. The number of rotatable bonds is 7. The number of fused-ring (bicyclic) bond motifs is 2. The van der Waals surface area contributed by atoms with Crippen molar-refractivity contribution in [1.82, 2.24) is 9.80 Å². The lowest BCUT2D eigenvalue weighted by Gasteiger charge is -2.43. The van der Waals surface area contributed by atoms with Crippen LogP contribution in [0.3, 0.4) is 0 Å². The number of benzene rings is 3. The molecule has 3 aromatic carbocycles. The first kappa shape index (κ1) is 22.6. The Morgan fingerprint density at radius 1 is 1.00 bits per heavy atom. The zero-order valence-electron chi connectivity index (χ0n) is 20.3. The van der Waals surface area contributed by atoms with Crippen LogP contribution < -0.4 is 9.47 Å². The molecular formula is C28H36N2O2. The predicted molar refractivity (Wildman–Crippen MR) is 133 cm³/mol. The second-order valence-electron chi connectivity index (χ2n) is 8.94. The van der Waals surface area contributed by atoms with Crippen molar-refractivity contribution in [1.29, 1.82) is 0 Å². The molecule has 0 saturated heterocycles. The van der Waals surface area contributed by atoms with E-state index >= 15 is 0 Å². The van der Waals surface area contributed by atoms with Gasteiger partial charge in [-0.25, -0.2) is 0 Å². The lowest BCUT2D eigenvalue weighted by atomic mass is 9.93. The molecule has 170 valence electrons. The van der Waals surface area contributed by atoms with Gasteiger partial charge < -0.3 is 9.47 Å². The van der Waals surface area contributed by atoms with Crippen LogP contribution in [0.5, 0.6) is 11.5 Å². The van der Waals surface area contributed by atoms with Crippen molar-refractivity contribution in [2.24, 2.45) is 0 Å². The summed E-state index contributed by atoms with van der Waals surface area (Å²) >= 11 is 0. The molecule has 0 aliphatic carbocycles. The number of ether oxygens (including phenoxy) is 2. The van der Waals surface area contributed by atoms with Crippen LogP contribution in [0.2, 0.25) is 0 Å². The van der Waals surface area contributed by atoms with E-state index in [1.54, 1.807) is 14.2 Å². The van der Waals surface area contributed by atoms with Gasteiger partial charge in [0.05, 0.1) is 20.4 Å². The maximum atomic E-state index is 5.57. The molecular weight excluding hydrogens is 396 g/mol. The first-order valence-corrected chi connectivity index (χ1v) is 11.7. The van der Waals surface area contributed by atoms with E-state index in [1.165, 1.54) is 33.0 Å². The number of nitrogens with zero attached hydrogens (tertiary/aromatic N) is 2. The smallest absolute Gasteiger partial charge is 0.161 e. The molecule has 2 atom stereocenters. The molecule has 4 heteroatoms. The highest BCUT2D eigenvalue weighted by Gasteiger charge is 2.30. The standard InChI is InChI=1S/C28H36N2O2/c1-7-27(30-15-14-22-16-25(31-5)26(32-6)17-23(22)18-30)29(4)20(3)28-19(2)12-13-21-10-8-9-11-24(21)28/h8-13,16-17,20,27H,7,14-15,18H2,1-6H3. The Kier molecular flexibility index (Phi) is 6.73. The Balaban J connectivity index is 1.62. The fourth-order valence-electron chi connectivity index (χ4n) is 5.38. The summed E-state index contributed by atoms with van der Waals surface area (Å²) in [7, 11) is 5.70. The van der Waals surface area contributed by atoms with Crippen LogP contribution in [-0.2, 0) is 13.0 Å². The molecule has 3 aromatic rings. The Bertz CT molecular complexity index is 1090. The summed E-state index contributed by atoms with van der Waals surface area (Å²) in [6.45, 7) is 8.87. The van der Waals surface area contributed by atoms with E-state index in [4.69, 9.17) is 9.47 Å². The van der Waals surface area contributed by atoms with Crippen molar-refractivity contribution >= 4 is 10.8 Å². The van der Waals surface area contributed by atoms with Crippen molar-refractivity contribution in [3.05, 3.63) is 70.8 Å². The first-order valence-electron chi connectivity index (χ1n) is 11.7. The maximum Gasteiger partial charge on any atom is 0.161 e. The van der Waals surface area contributed by atoms with E-state index in [0.717, 1.165) is 37.4 Å². The van der Waals surface area contributed by atoms with Crippen LogP contribution in [0.25, 0.3) is 10.8 Å². The third-order valence-electron chi connectivity index (χ3n) is 7.22. The van der Waals surface area contributed by atoms with Gasteiger partial charge in [-0.2, -0.15) is 0 Å². The molecule has 0 spiro atoms. The first-order chi connectivity index (χ1) is 15.5. The molecule has 32 heavy (non-hydrogen) atoms. The molecule has 4 nitrogen and oxygen atoms in total. The summed E-state index contributed by atoms with van der Waals surface area (Å²) in [6.07, 6.45) is 2.47. The summed E-state index contributed by atoms with van der Waals surface area (Å²) in [6, 6.07) is 17.9. The molecule has 0 amide bonds. The number of methoxy groups -OCH3 is 2. The van der Waals surface area contributed by atoms with E-state index in [0.29, 0.717) is 12.2 Å². The van der Waals surface area contributed by atoms with Gasteiger partial charge in [0.15, 0.2) is 11.5 Å². The van der Waals surface area contributed by atoms with Gasteiger partial charge in [0.2, 0.25) is 0 Å². The van der Waals surface area contributed by atoms with Crippen molar-refractivity contribution in [3.63, 3.8) is 0 Å². The Morgan fingerprint density at radius 3 is 2.38 bits per heavy atom. The third-order valence-corrected chi connectivity index (χ3v) is 7.22. The van der Waals surface area contributed by atoms with Crippen LogP contribution in [-0.4, -0.2) is 43.8 Å². The summed E-state index contributed by atoms with van der Waals surface area (Å²) in [5, 5.41) is 2.68. The minimum Gasteiger partial charge on any atom is -0.493 e. The van der Waals surface area contributed by atoms with Crippen molar-refractivity contribution in [3.8, 4) is 11.5 Å². The van der Waals surface area contributed by atoms with Gasteiger partial charge in [-0.1, -0.05) is 43.3 Å². The molecule has 4 rings (SSSR count). The largest absolute Gasteiger partial charge is 0.493 e. The summed E-state index contributed by atoms with van der Waals surface area (Å²) in [5.74, 6) is 1.64. The van der Waals surface area contributed by atoms with Crippen molar-refractivity contribution in [2.45, 2.75) is 52.4 Å². The number of aryl methyl sites for hydroxylation is 1. The van der Waals surface area contributed by atoms with Gasteiger partial charge in [0.1, 0.15) is 0 Å². The molecule has 0 bridgehead atoms. The quantitative estimate of drug-likeness (QED) is 0.460. The van der Waals surface area contributed by atoms with E-state index in [1.807, 2.05) is 0 Å². The van der Waals surface area contributed by atoms with Gasteiger partial charge in [0, 0.05) is 19.1 Å².